The first-order valence-corrected chi connectivity index (χ1v) is 8.95. The quantitative estimate of drug-likeness (QED) is 0.226. The zero-order valence-corrected chi connectivity index (χ0v) is 18.3. The van der Waals surface area contributed by atoms with E-state index >= 15 is 0 Å². The normalized spacial score (nSPS) is 15.2. The molecule has 0 aliphatic carbocycles. The van der Waals surface area contributed by atoms with Crippen LogP contribution < -0.4 is 10.2 Å². The van der Waals surface area contributed by atoms with Crippen LogP contribution in [0.25, 0.3) is 0 Å². The molecule has 0 radical (unpaired) electrons. The van der Waals surface area contributed by atoms with Gasteiger partial charge in [0.05, 0.1) is 13.0 Å². The monoisotopic (exact) mass is 474 g/mol. The average molecular weight is 474 g/mol. The minimum absolute atomic E-state index is 0. The van der Waals surface area contributed by atoms with Crippen molar-refractivity contribution in [2.45, 2.75) is 19.3 Å². The number of piperidine rings is 1. The first-order valence-electron chi connectivity index (χ1n) is 8.95. The summed E-state index contributed by atoms with van der Waals surface area (Å²) in [6, 6.07) is 10.4. The number of carbonyl (C=O) groups is 1. The Balaban J connectivity index is 0.00000338. The molecule has 146 valence electrons. The van der Waals surface area contributed by atoms with Gasteiger partial charge in [-0.1, -0.05) is 18.2 Å². The molecule has 1 fully saturated rings. The molecule has 26 heavy (non-hydrogen) atoms. The van der Waals surface area contributed by atoms with Crippen molar-refractivity contribution in [1.82, 2.24) is 10.2 Å². The van der Waals surface area contributed by atoms with E-state index < -0.39 is 0 Å². The molecule has 1 aromatic carbocycles. The Morgan fingerprint density at radius 1 is 1.31 bits per heavy atom. The van der Waals surface area contributed by atoms with Crippen LogP contribution in [0.4, 0.5) is 5.69 Å². The highest BCUT2D eigenvalue weighted by Gasteiger charge is 2.26. The summed E-state index contributed by atoms with van der Waals surface area (Å²) in [7, 11) is 5.38. The predicted octanol–water partition coefficient (Wildman–Crippen LogP) is 2.59. The molecule has 6 nitrogen and oxygen atoms in total. The Labute approximate surface area is 174 Å². The maximum absolute atomic E-state index is 11.6. The number of benzene rings is 1. The predicted molar refractivity (Wildman–Crippen MR) is 117 cm³/mol. The van der Waals surface area contributed by atoms with E-state index in [1.807, 2.05) is 13.1 Å². The molecule has 7 heteroatoms. The lowest BCUT2D eigenvalue weighted by Gasteiger charge is -2.33. The Morgan fingerprint density at radius 2 is 1.96 bits per heavy atom. The zero-order chi connectivity index (χ0) is 18.1. The second-order valence-electron chi connectivity index (χ2n) is 6.37. The molecular formula is C19H31IN4O2. The van der Waals surface area contributed by atoms with Gasteiger partial charge in [0, 0.05) is 46.0 Å². The molecule has 2 rings (SSSR count). The molecule has 1 aromatic rings. The smallest absolute Gasteiger partial charge is 0.308 e. The van der Waals surface area contributed by atoms with Crippen molar-refractivity contribution in [3.8, 4) is 0 Å². The molecular weight excluding hydrogens is 443 g/mol. The van der Waals surface area contributed by atoms with Gasteiger partial charge < -0.3 is 19.9 Å². The maximum Gasteiger partial charge on any atom is 0.308 e. The van der Waals surface area contributed by atoms with Gasteiger partial charge in [-0.25, -0.2) is 0 Å². The lowest BCUT2D eigenvalue weighted by molar-refractivity contribution is -0.146. The topological polar surface area (TPSA) is 57.2 Å². The molecule has 0 aromatic heterocycles. The number of likely N-dealkylation sites (tertiary alicyclic amines) is 1. The molecule has 0 unspecified atom stereocenters. The van der Waals surface area contributed by atoms with Crippen LogP contribution in [0.5, 0.6) is 0 Å². The van der Waals surface area contributed by atoms with E-state index in [0.717, 1.165) is 51.4 Å². The number of carbonyl (C=O) groups excluding carboxylic acids is 1. The number of ether oxygens (including phenoxy) is 1. The number of nitrogens with zero attached hydrogens (tertiary/aromatic N) is 3. The molecule has 0 amide bonds. The fraction of sp³-hybridized carbons (Fsp3) is 0.579. The van der Waals surface area contributed by atoms with Gasteiger partial charge in [-0.05, 0) is 31.4 Å². The van der Waals surface area contributed by atoms with Gasteiger partial charge in [0.15, 0.2) is 5.96 Å². The number of guanidine groups is 1. The number of methoxy groups -OCH3 is 1. The number of nitrogens with one attached hydrogen (secondary N) is 1. The Hall–Kier alpha value is -1.51. The number of esters is 1. The van der Waals surface area contributed by atoms with Crippen molar-refractivity contribution >= 4 is 41.6 Å². The zero-order valence-electron chi connectivity index (χ0n) is 16.0. The standard InChI is InChI=1S/C19H30N4O2.HI/c1-20-19(23-14-10-16(11-15-23)18(24)25-3)21-12-7-13-22(2)17-8-5-4-6-9-17;/h4-6,8-9,16H,7,10-15H2,1-3H3,(H,20,21);1H. The number of para-hydroxylation sites is 1. The Morgan fingerprint density at radius 3 is 2.54 bits per heavy atom. The fourth-order valence-electron chi connectivity index (χ4n) is 3.15. The summed E-state index contributed by atoms with van der Waals surface area (Å²) in [5, 5.41) is 3.44. The molecule has 0 spiro atoms. The van der Waals surface area contributed by atoms with Crippen LogP contribution in [0.15, 0.2) is 35.3 Å². The lowest BCUT2D eigenvalue weighted by atomic mass is 9.97. The summed E-state index contributed by atoms with van der Waals surface area (Å²) in [6.07, 6.45) is 2.68. The molecule has 1 heterocycles. The van der Waals surface area contributed by atoms with E-state index in [1.54, 1.807) is 0 Å². The van der Waals surface area contributed by atoms with Crippen molar-refractivity contribution in [1.29, 1.82) is 0 Å². The highest BCUT2D eigenvalue weighted by molar-refractivity contribution is 14.0. The fourth-order valence-corrected chi connectivity index (χ4v) is 3.15. The van der Waals surface area contributed by atoms with Gasteiger partial charge in [-0.15, -0.1) is 24.0 Å². The number of hydrogen-bond acceptors (Lipinski definition) is 4. The third kappa shape index (κ3) is 6.66. The van der Waals surface area contributed by atoms with Gasteiger partial charge in [0.1, 0.15) is 0 Å². The van der Waals surface area contributed by atoms with Crippen molar-refractivity contribution in [2.24, 2.45) is 10.9 Å². The van der Waals surface area contributed by atoms with Gasteiger partial charge in [-0.2, -0.15) is 0 Å². The van der Waals surface area contributed by atoms with Gasteiger partial charge in [-0.3, -0.25) is 9.79 Å². The number of rotatable bonds is 6. The molecule has 1 aliphatic rings. The molecule has 0 bridgehead atoms. The highest BCUT2D eigenvalue weighted by atomic mass is 127. The van der Waals surface area contributed by atoms with Crippen LogP contribution in [0.3, 0.4) is 0 Å². The molecule has 1 saturated heterocycles. The Kier molecular flexibility index (Phi) is 10.4. The van der Waals surface area contributed by atoms with Crippen molar-refractivity contribution in [2.75, 3.05) is 52.3 Å². The maximum atomic E-state index is 11.6. The van der Waals surface area contributed by atoms with E-state index in [0.29, 0.717) is 0 Å². The van der Waals surface area contributed by atoms with E-state index in [9.17, 15) is 4.79 Å². The average Bonchev–Trinajstić information content (AvgIpc) is 2.68. The van der Waals surface area contributed by atoms with Crippen molar-refractivity contribution in [3.05, 3.63) is 30.3 Å². The van der Waals surface area contributed by atoms with Crippen LogP contribution in [-0.2, 0) is 9.53 Å². The third-order valence-electron chi connectivity index (χ3n) is 4.69. The van der Waals surface area contributed by atoms with Crippen LogP contribution in [-0.4, -0.2) is 64.2 Å². The summed E-state index contributed by atoms with van der Waals surface area (Å²) < 4.78 is 4.84. The second kappa shape index (κ2) is 12.0. The van der Waals surface area contributed by atoms with Crippen LogP contribution in [0.2, 0.25) is 0 Å². The van der Waals surface area contributed by atoms with Gasteiger partial charge in [0.25, 0.3) is 0 Å². The third-order valence-corrected chi connectivity index (χ3v) is 4.69. The molecule has 1 aliphatic heterocycles. The second-order valence-corrected chi connectivity index (χ2v) is 6.37. The summed E-state index contributed by atoms with van der Waals surface area (Å²) in [5.74, 6) is 0.858. The van der Waals surface area contributed by atoms with Gasteiger partial charge in [0.2, 0.25) is 0 Å². The molecule has 1 N–H and O–H groups in total. The SMILES string of the molecule is CN=C(NCCCN(C)c1ccccc1)N1CCC(C(=O)OC)CC1.I. The lowest BCUT2D eigenvalue weighted by Crippen LogP contribution is -2.47. The molecule has 0 saturated carbocycles. The largest absolute Gasteiger partial charge is 0.469 e. The summed E-state index contributed by atoms with van der Waals surface area (Å²) in [5.41, 5.74) is 1.23. The minimum Gasteiger partial charge on any atom is -0.469 e. The first kappa shape index (κ1) is 22.5. The number of anilines is 1. The van der Waals surface area contributed by atoms with E-state index in [2.05, 4.69) is 51.4 Å². The number of hydrogen-bond donors (Lipinski definition) is 1. The van der Waals surface area contributed by atoms with E-state index in [1.165, 1.54) is 12.8 Å². The first-order chi connectivity index (χ1) is 12.2. The van der Waals surface area contributed by atoms with Gasteiger partial charge >= 0.3 is 5.97 Å². The van der Waals surface area contributed by atoms with Crippen molar-refractivity contribution in [3.63, 3.8) is 0 Å². The minimum atomic E-state index is -0.0912. The molecule has 0 atom stereocenters. The summed E-state index contributed by atoms with van der Waals surface area (Å²) in [4.78, 5) is 20.5. The van der Waals surface area contributed by atoms with E-state index in [4.69, 9.17) is 4.74 Å². The van der Waals surface area contributed by atoms with Crippen LogP contribution >= 0.6 is 24.0 Å². The van der Waals surface area contributed by atoms with E-state index in [-0.39, 0.29) is 35.9 Å². The van der Waals surface area contributed by atoms with Crippen LogP contribution in [0.1, 0.15) is 19.3 Å². The summed E-state index contributed by atoms with van der Waals surface area (Å²) in [6.45, 7) is 3.53. The summed E-state index contributed by atoms with van der Waals surface area (Å²) >= 11 is 0. The van der Waals surface area contributed by atoms with Crippen molar-refractivity contribution < 1.29 is 9.53 Å². The Bertz CT molecular complexity index is 560. The number of halogens is 1. The van der Waals surface area contributed by atoms with Crippen LogP contribution in [0, 0.1) is 5.92 Å². The highest BCUT2D eigenvalue weighted by Crippen LogP contribution is 2.18. The number of aliphatic imine (C=N–C) groups is 1.